The Balaban J connectivity index is 1.51. The van der Waals surface area contributed by atoms with E-state index in [0.29, 0.717) is 44.6 Å². The van der Waals surface area contributed by atoms with Crippen molar-refractivity contribution in [3.05, 3.63) is 81.1 Å². The Bertz CT molecular complexity index is 1350. The smallest absolute Gasteiger partial charge is 0.371 e. The van der Waals surface area contributed by atoms with Crippen molar-refractivity contribution in [2.75, 3.05) is 6.61 Å². The fourth-order valence-corrected chi connectivity index (χ4v) is 4.17. The number of aromatic carboxylic acids is 1. The van der Waals surface area contributed by atoms with Gasteiger partial charge in [-0.15, -0.1) is 0 Å². The van der Waals surface area contributed by atoms with Crippen molar-refractivity contribution >= 4 is 52.2 Å². The van der Waals surface area contributed by atoms with Gasteiger partial charge in [0.2, 0.25) is 5.76 Å². The molecule has 0 radical (unpaired) electrons. The number of carboxylic acids is 1. The number of carboxylic acid groups (broad SMARTS) is 1. The van der Waals surface area contributed by atoms with E-state index >= 15 is 0 Å². The van der Waals surface area contributed by atoms with Crippen LogP contribution < -0.4 is 14.8 Å². The zero-order valence-electron chi connectivity index (χ0n) is 18.8. The predicted molar refractivity (Wildman–Crippen MR) is 135 cm³/mol. The molecule has 1 saturated heterocycles. The highest BCUT2D eigenvalue weighted by Gasteiger charge is 2.24. The van der Waals surface area contributed by atoms with E-state index in [0.717, 1.165) is 11.1 Å². The fraction of sp³-hybridized carbons (Fsp3) is 0.160. The van der Waals surface area contributed by atoms with Crippen molar-refractivity contribution in [1.82, 2.24) is 5.32 Å². The van der Waals surface area contributed by atoms with Crippen molar-refractivity contribution in [2.24, 2.45) is 4.99 Å². The monoisotopic (exact) mass is 512 g/mol. The molecule has 0 atom stereocenters. The highest BCUT2D eigenvalue weighted by Crippen LogP contribution is 2.33. The number of halogens is 1. The van der Waals surface area contributed by atoms with E-state index in [4.69, 9.17) is 30.6 Å². The van der Waals surface area contributed by atoms with Gasteiger partial charge in [0.05, 0.1) is 17.2 Å². The van der Waals surface area contributed by atoms with Gasteiger partial charge < -0.3 is 24.3 Å². The molecule has 1 aromatic heterocycles. The predicted octanol–water partition coefficient (Wildman–Crippen LogP) is 5.81. The van der Waals surface area contributed by atoms with Gasteiger partial charge in [-0.2, -0.15) is 0 Å². The number of rotatable bonds is 8. The summed E-state index contributed by atoms with van der Waals surface area (Å²) in [5, 5.41) is 12.8. The molecule has 0 saturated carbocycles. The van der Waals surface area contributed by atoms with E-state index < -0.39 is 5.97 Å². The minimum absolute atomic E-state index is 0.0365. The van der Waals surface area contributed by atoms with Crippen LogP contribution >= 0.6 is 23.4 Å². The van der Waals surface area contributed by atoms with E-state index in [-0.39, 0.29) is 18.3 Å². The van der Waals surface area contributed by atoms with Gasteiger partial charge in [-0.1, -0.05) is 23.7 Å². The second-order valence-corrected chi connectivity index (χ2v) is 8.88. The molecule has 1 fully saturated rings. The Morgan fingerprint density at radius 1 is 1.17 bits per heavy atom. The number of benzene rings is 2. The molecule has 1 aliphatic heterocycles. The molecular weight excluding hydrogens is 492 g/mol. The number of nitrogens with one attached hydrogen (secondary N) is 1. The van der Waals surface area contributed by atoms with Gasteiger partial charge in [0.15, 0.2) is 16.7 Å². The summed E-state index contributed by atoms with van der Waals surface area (Å²) in [6, 6.07) is 13.6. The Kier molecular flexibility index (Phi) is 7.48. The normalized spacial score (nSPS) is 15.5. The Labute approximate surface area is 210 Å². The zero-order chi connectivity index (χ0) is 24.9. The van der Waals surface area contributed by atoms with Gasteiger partial charge in [-0.25, -0.2) is 9.79 Å². The third kappa shape index (κ3) is 6.06. The van der Waals surface area contributed by atoms with Crippen molar-refractivity contribution in [2.45, 2.75) is 20.5 Å². The van der Waals surface area contributed by atoms with Gasteiger partial charge in [-0.3, -0.25) is 4.79 Å². The first-order chi connectivity index (χ1) is 16.8. The van der Waals surface area contributed by atoms with Gasteiger partial charge in [0.1, 0.15) is 12.4 Å². The van der Waals surface area contributed by atoms with E-state index in [1.165, 1.54) is 17.8 Å². The van der Waals surface area contributed by atoms with Crippen LogP contribution in [0.3, 0.4) is 0 Å². The molecule has 10 heteroatoms. The number of thioether (sulfide) groups is 1. The first kappa shape index (κ1) is 24.4. The zero-order valence-corrected chi connectivity index (χ0v) is 20.4. The summed E-state index contributed by atoms with van der Waals surface area (Å²) in [6.45, 7) is 4.21. The number of aryl methyl sites for hydroxylation is 1. The molecule has 0 spiro atoms. The number of amidine groups is 1. The first-order valence-corrected chi connectivity index (χ1v) is 11.8. The summed E-state index contributed by atoms with van der Waals surface area (Å²) in [6.07, 6.45) is 1.74. The van der Waals surface area contributed by atoms with E-state index in [9.17, 15) is 9.59 Å². The lowest BCUT2D eigenvalue weighted by Crippen LogP contribution is -2.19. The van der Waals surface area contributed by atoms with Crippen LogP contribution in [0.5, 0.6) is 11.5 Å². The number of amides is 1. The fourth-order valence-electron chi connectivity index (χ4n) is 3.17. The molecule has 0 bridgehead atoms. The lowest BCUT2D eigenvalue weighted by molar-refractivity contribution is -0.115. The van der Waals surface area contributed by atoms with Crippen LogP contribution in [0.2, 0.25) is 5.02 Å². The second kappa shape index (κ2) is 10.7. The first-order valence-electron chi connectivity index (χ1n) is 10.6. The second-order valence-electron chi connectivity index (χ2n) is 7.41. The standard InChI is InChI=1S/C25H21ClN2O6S/c1-3-32-21-10-15(5-8-19(21)33-13-17-7-9-20(34-17)24(30)31)11-22-23(29)28-25(35-22)27-18-12-16(26)6-4-14(18)2/h4-12H,3,13H2,1-2H3,(H,30,31)(H,27,28,29). The van der Waals surface area contributed by atoms with Gasteiger partial charge in [0.25, 0.3) is 5.91 Å². The summed E-state index contributed by atoms with van der Waals surface area (Å²) in [7, 11) is 0. The molecule has 35 heavy (non-hydrogen) atoms. The Hall–Kier alpha value is -3.69. The van der Waals surface area contributed by atoms with Crippen molar-refractivity contribution in [3.63, 3.8) is 0 Å². The quantitative estimate of drug-likeness (QED) is 0.366. The van der Waals surface area contributed by atoms with Crippen molar-refractivity contribution in [3.8, 4) is 11.5 Å². The summed E-state index contributed by atoms with van der Waals surface area (Å²) >= 11 is 7.30. The van der Waals surface area contributed by atoms with E-state index in [1.807, 2.05) is 19.9 Å². The van der Waals surface area contributed by atoms with Gasteiger partial charge in [-0.05, 0) is 79.2 Å². The minimum Gasteiger partial charge on any atom is -0.490 e. The molecule has 2 heterocycles. The number of hydrogen-bond acceptors (Lipinski definition) is 7. The van der Waals surface area contributed by atoms with Crippen molar-refractivity contribution in [1.29, 1.82) is 0 Å². The molecule has 1 aliphatic rings. The largest absolute Gasteiger partial charge is 0.490 e. The molecule has 3 aromatic rings. The van der Waals surface area contributed by atoms with E-state index in [2.05, 4.69) is 10.3 Å². The summed E-state index contributed by atoms with van der Waals surface area (Å²) in [5.74, 6) is -0.233. The highest BCUT2D eigenvalue weighted by atomic mass is 35.5. The van der Waals surface area contributed by atoms with Crippen LogP contribution in [0.1, 0.15) is 34.4 Å². The number of furan rings is 1. The van der Waals surface area contributed by atoms with Gasteiger partial charge in [0, 0.05) is 5.02 Å². The molecule has 4 rings (SSSR count). The number of ether oxygens (including phenoxy) is 2. The van der Waals surface area contributed by atoms with E-state index in [1.54, 1.807) is 42.5 Å². The molecule has 1 amide bonds. The number of nitrogens with zero attached hydrogens (tertiary/aromatic N) is 1. The van der Waals surface area contributed by atoms with Crippen LogP contribution in [-0.4, -0.2) is 28.8 Å². The number of carbonyl (C=O) groups excluding carboxylic acids is 1. The van der Waals surface area contributed by atoms with Crippen molar-refractivity contribution < 1.29 is 28.6 Å². The molecule has 0 aliphatic carbocycles. The number of carbonyl (C=O) groups is 2. The number of hydrogen-bond donors (Lipinski definition) is 2. The van der Waals surface area contributed by atoms with Crippen LogP contribution in [0.4, 0.5) is 5.69 Å². The highest BCUT2D eigenvalue weighted by molar-refractivity contribution is 8.18. The molecule has 0 unspecified atom stereocenters. The third-order valence-corrected chi connectivity index (χ3v) is 6.00. The maximum absolute atomic E-state index is 12.5. The van der Waals surface area contributed by atoms with Crippen LogP contribution in [0.15, 0.2) is 62.8 Å². The number of aliphatic imine (C=N–C) groups is 1. The topological polar surface area (TPSA) is 110 Å². The molecule has 2 N–H and O–H groups in total. The molecule has 180 valence electrons. The van der Waals surface area contributed by atoms with Crippen LogP contribution in [0, 0.1) is 6.92 Å². The lowest BCUT2D eigenvalue weighted by atomic mass is 10.2. The lowest BCUT2D eigenvalue weighted by Gasteiger charge is -2.12. The Morgan fingerprint density at radius 3 is 2.74 bits per heavy atom. The maximum atomic E-state index is 12.5. The van der Waals surface area contributed by atoms with Crippen LogP contribution in [0.25, 0.3) is 6.08 Å². The minimum atomic E-state index is -1.15. The summed E-state index contributed by atoms with van der Waals surface area (Å²) in [5.41, 5.74) is 2.37. The summed E-state index contributed by atoms with van der Waals surface area (Å²) in [4.78, 5) is 28.5. The average molecular weight is 513 g/mol. The average Bonchev–Trinajstić information content (AvgIpc) is 3.43. The Morgan fingerprint density at radius 2 is 2.00 bits per heavy atom. The maximum Gasteiger partial charge on any atom is 0.371 e. The van der Waals surface area contributed by atoms with Gasteiger partial charge >= 0.3 is 5.97 Å². The molecule has 8 nitrogen and oxygen atoms in total. The third-order valence-electron chi connectivity index (χ3n) is 4.85. The SMILES string of the molecule is CCOc1cc(C=C2SC(=Nc3cc(Cl)ccc3C)NC2=O)ccc1OCc1ccc(C(=O)O)o1. The van der Waals surface area contributed by atoms with Crippen LogP contribution in [-0.2, 0) is 11.4 Å². The summed E-state index contributed by atoms with van der Waals surface area (Å²) < 4.78 is 16.7. The molecular formula is C25H21ClN2O6S. The molecule has 2 aromatic carbocycles.